The predicted molar refractivity (Wildman–Crippen MR) is 108 cm³/mol. The van der Waals surface area contributed by atoms with Gasteiger partial charge in [0.2, 0.25) is 0 Å². The number of fused-ring (bicyclic) bond motifs is 1. The highest BCUT2D eigenvalue weighted by Crippen LogP contribution is 2.40. The minimum atomic E-state index is 0.733. The number of rotatable bonds is 4. The summed E-state index contributed by atoms with van der Waals surface area (Å²) in [6.45, 7) is 0.733. The van der Waals surface area contributed by atoms with Gasteiger partial charge in [-0.3, -0.25) is 0 Å². The predicted octanol–water partition coefficient (Wildman–Crippen LogP) is 6.01. The van der Waals surface area contributed by atoms with Crippen molar-refractivity contribution in [2.45, 2.75) is 6.54 Å². The van der Waals surface area contributed by atoms with Gasteiger partial charge in [0.25, 0.3) is 0 Å². The van der Waals surface area contributed by atoms with E-state index in [-0.39, 0.29) is 0 Å². The average Bonchev–Trinajstić information content (AvgIpc) is 3.36. The van der Waals surface area contributed by atoms with Gasteiger partial charge in [-0.05, 0) is 35.4 Å². The minimum Gasteiger partial charge on any atom is -0.463 e. The minimum absolute atomic E-state index is 0.733. The molecule has 0 spiro atoms. The maximum Gasteiger partial charge on any atom is 0.150 e. The zero-order valence-electron chi connectivity index (χ0n) is 14.7. The first-order valence-corrected chi connectivity index (χ1v) is 9.02. The highest BCUT2D eigenvalue weighted by atomic mass is 16.3. The molecule has 2 aromatic carbocycles. The second kappa shape index (κ2) is 6.61. The van der Waals surface area contributed by atoms with E-state index in [0.717, 1.165) is 40.2 Å². The van der Waals surface area contributed by atoms with Gasteiger partial charge in [-0.2, -0.15) is 0 Å². The fourth-order valence-electron chi connectivity index (χ4n) is 3.66. The van der Waals surface area contributed by atoms with Gasteiger partial charge in [0.05, 0.1) is 12.0 Å². The van der Waals surface area contributed by atoms with Gasteiger partial charge in [-0.1, -0.05) is 60.7 Å². The van der Waals surface area contributed by atoms with E-state index in [9.17, 15) is 0 Å². The Hall–Kier alpha value is -3.59. The summed E-state index contributed by atoms with van der Waals surface area (Å²) in [5.74, 6) is 0.850. The molecule has 0 saturated carbocycles. The molecule has 0 aliphatic heterocycles. The third-order valence-corrected chi connectivity index (χ3v) is 4.82. The van der Waals surface area contributed by atoms with Crippen molar-refractivity contribution in [2.75, 3.05) is 0 Å². The van der Waals surface area contributed by atoms with Crippen LogP contribution in [0.25, 0.3) is 33.6 Å². The Kier molecular flexibility index (Phi) is 3.83. The number of hydrogen-bond donors (Lipinski definition) is 0. The average molecular weight is 350 g/mol. The normalized spacial score (nSPS) is 11.1. The molecule has 3 nitrogen and oxygen atoms in total. The number of nitrogens with zero attached hydrogens (tertiary/aromatic N) is 2. The first kappa shape index (κ1) is 15.6. The quantitative estimate of drug-likeness (QED) is 0.397. The molecule has 0 radical (unpaired) electrons. The third kappa shape index (κ3) is 2.74. The van der Waals surface area contributed by atoms with E-state index >= 15 is 0 Å². The third-order valence-electron chi connectivity index (χ3n) is 4.82. The number of hydrogen-bond acceptors (Lipinski definition) is 2. The summed E-state index contributed by atoms with van der Waals surface area (Å²) in [7, 11) is 0. The van der Waals surface area contributed by atoms with Crippen molar-refractivity contribution >= 4 is 11.0 Å². The molecule has 3 heteroatoms. The van der Waals surface area contributed by atoms with Crippen LogP contribution in [0.15, 0.2) is 102 Å². The van der Waals surface area contributed by atoms with E-state index in [1.165, 1.54) is 5.56 Å². The molecule has 0 unspecified atom stereocenters. The molecule has 0 atom stereocenters. The zero-order valence-corrected chi connectivity index (χ0v) is 14.7. The number of aromatic nitrogens is 2. The zero-order chi connectivity index (χ0) is 18.1. The Labute approximate surface area is 157 Å². The molecule has 3 heterocycles. The number of furan rings is 1. The van der Waals surface area contributed by atoms with Crippen LogP contribution in [0.3, 0.4) is 0 Å². The van der Waals surface area contributed by atoms with Crippen molar-refractivity contribution < 1.29 is 4.42 Å². The summed E-state index contributed by atoms with van der Waals surface area (Å²) in [4.78, 5) is 4.72. The van der Waals surface area contributed by atoms with Crippen LogP contribution in [-0.2, 0) is 6.54 Å². The fraction of sp³-hybridized carbons (Fsp3) is 0.0417. The Morgan fingerprint density at radius 1 is 0.778 bits per heavy atom. The molecule has 0 amide bonds. The molecule has 3 aromatic heterocycles. The van der Waals surface area contributed by atoms with Crippen LogP contribution in [0.5, 0.6) is 0 Å². The molecule has 0 aliphatic carbocycles. The van der Waals surface area contributed by atoms with Crippen LogP contribution in [0.2, 0.25) is 0 Å². The van der Waals surface area contributed by atoms with E-state index in [4.69, 9.17) is 9.40 Å². The van der Waals surface area contributed by atoms with Gasteiger partial charge in [-0.25, -0.2) is 4.98 Å². The fourth-order valence-corrected chi connectivity index (χ4v) is 3.66. The van der Waals surface area contributed by atoms with E-state index in [2.05, 4.69) is 59.2 Å². The lowest BCUT2D eigenvalue weighted by atomic mass is 10.0. The SMILES string of the molecule is c1ccc(Cn2c(-c3ccco3)c(-c3ccccc3)c3cccnc32)cc1. The summed E-state index contributed by atoms with van der Waals surface area (Å²) >= 11 is 0. The molecule has 0 bridgehead atoms. The summed E-state index contributed by atoms with van der Waals surface area (Å²) in [5, 5.41) is 1.13. The molecular weight excluding hydrogens is 332 g/mol. The molecule has 5 rings (SSSR count). The van der Waals surface area contributed by atoms with Crippen molar-refractivity contribution in [1.29, 1.82) is 0 Å². The number of pyridine rings is 1. The monoisotopic (exact) mass is 350 g/mol. The smallest absolute Gasteiger partial charge is 0.150 e. The molecular formula is C24H18N2O. The summed E-state index contributed by atoms with van der Waals surface area (Å²) < 4.78 is 8.10. The summed E-state index contributed by atoms with van der Waals surface area (Å²) in [6.07, 6.45) is 3.58. The maximum absolute atomic E-state index is 5.84. The van der Waals surface area contributed by atoms with Crippen LogP contribution >= 0.6 is 0 Å². The van der Waals surface area contributed by atoms with Crippen LogP contribution < -0.4 is 0 Å². The number of benzene rings is 2. The second-order valence-corrected chi connectivity index (χ2v) is 6.51. The van der Waals surface area contributed by atoms with Crippen LogP contribution in [-0.4, -0.2) is 9.55 Å². The summed E-state index contributed by atoms with van der Waals surface area (Å²) in [6, 6.07) is 29.0. The largest absolute Gasteiger partial charge is 0.463 e. The standard InChI is InChI=1S/C24H18N2O/c1-3-9-18(10-4-1)17-26-23(21-14-8-16-27-21)22(19-11-5-2-6-12-19)20-13-7-15-25-24(20)26/h1-16H,17H2. The van der Waals surface area contributed by atoms with E-state index < -0.39 is 0 Å². The lowest BCUT2D eigenvalue weighted by molar-refractivity contribution is 0.575. The van der Waals surface area contributed by atoms with Gasteiger partial charge < -0.3 is 8.98 Å². The van der Waals surface area contributed by atoms with Crippen LogP contribution in [0, 0.1) is 0 Å². The first-order valence-electron chi connectivity index (χ1n) is 9.02. The van der Waals surface area contributed by atoms with Gasteiger partial charge >= 0.3 is 0 Å². The highest BCUT2D eigenvalue weighted by Gasteiger charge is 2.22. The Morgan fingerprint density at radius 2 is 1.56 bits per heavy atom. The lowest BCUT2D eigenvalue weighted by Gasteiger charge is -2.10. The van der Waals surface area contributed by atoms with E-state index in [1.54, 1.807) is 6.26 Å². The van der Waals surface area contributed by atoms with Gasteiger partial charge in [0.1, 0.15) is 5.65 Å². The van der Waals surface area contributed by atoms with Crippen molar-refractivity contribution in [2.24, 2.45) is 0 Å². The van der Waals surface area contributed by atoms with Gasteiger partial charge in [-0.15, -0.1) is 0 Å². The van der Waals surface area contributed by atoms with Crippen molar-refractivity contribution in [3.05, 3.63) is 103 Å². The Bertz CT molecular complexity index is 1170. The van der Waals surface area contributed by atoms with E-state index in [0.29, 0.717) is 0 Å². The van der Waals surface area contributed by atoms with Crippen LogP contribution in [0.4, 0.5) is 0 Å². The molecule has 130 valence electrons. The van der Waals surface area contributed by atoms with Gasteiger partial charge in [0.15, 0.2) is 5.76 Å². The molecule has 0 N–H and O–H groups in total. The van der Waals surface area contributed by atoms with E-state index in [1.807, 2.05) is 36.5 Å². The van der Waals surface area contributed by atoms with Crippen molar-refractivity contribution in [1.82, 2.24) is 9.55 Å². The molecule has 0 aliphatic rings. The maximum atomic E-state index is 5.84. The molecule has 27 heavy (non-hydrogen) atoms. The first-order chi connectivity index (χ1) is 13.4. The molecule has 0 saturated heterocycles. The van der Waals surface area contributed by atoms with Gasteiger partial charge in [0, 0.05) is 23.7 Å². The topological polar surface area (TPSA) is 31.0 Å². The van der Waals surface area contributed by atoms with Crippen molar-refractivity contribution in [3.63, 3.8) is 0 Å². The lowest BCUT2D eigenvalue weighted by Crippen LogP contribution is -2.02. The summed E-state index contributed by atoms with van der Waals surface area (Å²) in [5.41, 5.74) is 5.57. The van der Waals surface area contributed by atoms with Crippen molar-refractivity contribution in [3.8, 4) is 22.6 Å². The highest BCUT2D eigenvalue weighted by molar-refractivity contribution is 6.02. The Balaban J connectivity index is 1.84. The Morgan fingerprint density at radius 3 is 2.30 bits per heavy atom. The molecule has 0 fully saturated rings. The second-order valence-electron chi connectivity index (χ2n) is 6.51. The van der Waals surface area contributed by atoms with Crippen LogP contribution in [0.1, 0.15) is 5.56 Å². The molecule has 5 aromatic rings.